The summed E-state index contributed by atoms with van der Waals surface area (Å²) in [6.45, 7) is 7.66. The summed E-state index contributed by atoms with van der Waals surface area (Å²) in [5, 5.41) is 11.6. The van der Waals surface area contributed by atoms with Crippen molar-refractivity contribution in [3.05, 3.63) is 68.9 Å². The second-order valence-electron chi connectivity index (χ2n) is 5.73. The zero-order valence-electron chi connectivity index (χ0n) is 13.9. The molecule has 0 atom stereocenters. The SMILES string of the molecule is COC(=O)C1=C2C(C)=CC(C)=CC(C)=C2C(C)=CC=C1C(=O)[O-]. The van der Waals surface area contributed by atoms with Gasteiger partial charge in [-0.3, -0.25) is 0 Å². The van der Waals surface area contributed by atoms with E-state index in [0.717, 1.165) is 27.9 Å². The van der Waals surface area contributed by atoms with Gasteiger partial charge in [0.25, 0.3) is 0 Å². The Balaban J connectivity index is 2.98. The number of hydrogen-bond donors (Lipinski definition) is 0. The van der Waals surface area contributed by atoms with E-state index in [1.165, 1.54) is 13.2 Å². The van der Waals surface area contributed by atoms with E-state index in [-0.39, 0.29) is 11.1 Å². The minimum atomic E-state index is -1.40. The number of carboxylic acid groups (broad SMARTS) is 1. The van der Waals surface area contributed by atoms with Gasteiger partial charge in [-0.2, -0.15) is 0 Å². The maximum atomic E-state index is 12.3. The Morgan fingerprint density at radius 1 is 0.957 bits per heavy atom. The molecule has 2 aliphatic rings. The van der Waals surface area contributed by atoms with Crippen LogP contribution in [-0.4, -0.2) is 19.0 Å². The lowest BCUT2D eigenvalue weighted by Gasteiger charge is -2.19. The summed E-state index contributed by atoms with van der Waals surface area (Å²) in [6, 6.07) is 0. The van der Waals surface area contributed by atoms with Gasteiger partial charge >= 0.3 is 5.97 Å². The molecule has 0 fully saturated rings. The predicted octanol–water partition coefficient (Wildman–Crippen LogP) is 2.31. The Bertz CT molecular complexity index is 780. The number of fused-ring (bicyclic) bond motifs is 1. The molecule has 4 nitrogen and oxygen atoms in total. The van der Waals surface area contributed by atoms with E-state index in [1.807, 2.05) is 39.8 Å². The minimum Gasteiger partial charge on any atom is -0.545 e. The molecule has 0 heterocycles. The topological polar surface area (TPSA) is 66.4 Å². The van der Waals surface area contributed by atoms with Crippen LogP contribution in [0.3, 0.4) is 0 Å². The highest BCUT2D eigenvalue weighted by Gasteiger charge is 2.28. The van der Waals surface area contributed by atoms with E-state index in [0.29, 0.717) is 5.57 Å². The standard InChI is InChI=1S/C19H20O4/c1-10-8-12(3)15-11(2)6-7-14(18(20)21)17(19(22)23-5)16(15)13(4)9-10/h6-9H,1-5H3,(H,20,21)/p-1. The molecule has 120 valence electrons. The van der Waals surface area contributed by atoms with E-state index < -0.39 is 11.9 Å². The molecule has 0 unspecified atom stereocenters. The highest BCUT2D eigenvalue weighted by molar-refractivity contribution is 6.08. The van der Waals surface area contributed by atoms with E-state index in [9.17, 15) is 14.7 Å². The maximum absolute atomic E-state index is 12.3. The molecule has 4 heteroatoms. The Labute approximate surface area is 135 Å². The number of carbonyl (C=O) groups excluding carboxylic acids is 2. The molecule has 23 heavy (non-hydrogen) atoms. The molecule has 2 rings (SSSR count). The van der Waals surface area contributed by atoms with Crippen LogP contribution in [0.25, 0.3) is 0 Å². The van der Waals surface area contributed by atoms with Crippen LogP contribution in [0.15, 0.2) is 68.9 Å². The van der Waals surface area contributed by atoms with Gasteiger partial charge in [-0.15, -0.1) is 0 Å². The first-order valence-electron chi connectivity index (χ1n) is 7.29. The van der Waals surface area contributed by atoms with Crippen molar-refractivity contribution in [1.29, 1.82) is 0 Å². The average Bonchev–Trinajstić information content (AvgIpc) is 2.68. The van der Waals surface area contributed by atoms with Crippen molar-refractivity contribution in [2.24, 2.45) is 0 Å². The Morgan fingerprint density at radius 2 is 1.61 bits per heavy atom. The molecule has 0 aromatic carbocycles. The number of carbonyl (C=O) groups is 2. The smallest absolute Gasteiger partial charge is 0.339 e. The fourth-order valence-electron chi connectivity index (χ4n) is 3.09. The first-order chi connectivity index (χ1) is 10.8. The summed E-state index contributed by atoms with van der Waals surface area (Å²) in [6.07, 6.45) is 7.05. The zero-order chi connectivity index (χ0) is 17.3. The van der Waals surface area contributed by atoms with E-state index in [1.54, 1.807) is 6.08 Å². The summed E-state index contributed by atoms with van der Waals surface area (Å²) in [5.74, 6) is -2.08. The van der Waals surface area contributed by atoms with Crippen LogP contribution in [0.4, 0.5) is 0 Å². The second kappa shape index (κ2) is 6.24. The number of aliphatic carboxylic acids is 1. The lowest BCUT2D eigenvalue weighted by Crippen LogP contribution is -2.28. The van der Waals surface area contributed by atoms with Crippen molar-refractivity contribution in [1.82, 2.24) is 0 Å². The van der Waals surface area contributed by atoms with Gasteiger partial charge in [0.2, 0.25) is 0 Å². The maximum Gasteiger partial charge on any atom is 0.339 e. The number of hydrogen-bond acceptors (Lipinski definition) is 4. The molecular formula is C19H19O4-. The van der Waals surface area contributed by atoms with Gasteiger partial charge in [0, 0.05) is 11.1 Å². The molecule has 0 aromatic heterocycles. The normalized spacial score (nSPS) is 18.1. The van der Waals surface area contributed by atoms with Crippen molar-refractivity contribution >= 4 is 11.9 Å². The monoisotopic (exact) mass is 311 g/mol. The first kappa shape index (κ1) is 16.7. The molecule has 2 aliphatic carbocycles. The molecular weight excluding hydrogens is 292 g/mol. The van der Waals surface area contributed by atoms with Crippen molar-refractivity contribution < 1.29 is 19.4 Å². The Morgan fingerprint density at radius 3 is 2.17 bits per heavy atom. The van der Waals surface area contributed by atoms with Crippen LogP contribution in [0.2, 0.25) is 0 Å². The summed E-state index contributed by atoms with van der Waals surface area (Å²) >= 11 is 0. The van der Waals surface area contributed by atoms with Gasteiger partial charge in [-0.1, -0.05) is 29.9 Å². The molecule has 0 N–H and O–H groups in total. The van der Waals surface area contributed by atoms with Gasteiger partial charge in [0.15, 0.2) is 0 Å². The number of esters is 1. The van der Waals surface area contributed by atoms with Crippen molar-refractivity contribution in [3.63, 3.8) is 0 Å². The van der Waals surface area contributed by atoms with Crippen LogP contribution in [0.1, 0.15) is 27.7 Å². The minimum absolute atomic E-state index is 0.0341. The van der Waals surface area contributed by atoms with Crippen molar-refractivity contribution in [2.45, 2.75) is 27.7 Å². The fourth-order valence-corrected chi connectivity index (χ4v) is 3.09. The third-order valence-electron chi connectivity index (χ3n) is 3.95. The summed E-state index contributed by atoms with van der Waals surface area (Å²) in [7, 11) is 1.24. The Kier molecular flexibility index (Phi) is 4.55. The highest BCUT2D eigenvalue weighted by atomic mass is 16.5. The number of allylic oxidation sites excluding steroid dienone is 10. The molecule has 0 aromatic rings. The first-order valence-corrected chi connectivity index (χ1v) is 7.29. The van der Waals surface area contributed by atoms with Crippen molar-refractivity contribution in [3.8, 4) is 0 Å². The van der Waals surface area contributed by atoms with Crippen LogP contribution in [0, 0.1) is 0 Å². The van der Waals surface area contributed by atoms with Crippen LogP contribution < -0.4 is 5.11 Å². The van der Waals surface area contributed by atoms with Gasteiger partial charge in [-0.05, 0) is 50.0 Å². The van der Waals surface area contributed by atoms with Gasteiger partial charge in [-0.25, -0.2) is 4.79 Å². The predicted molar refractivity (Wildman–Crippen MR) is 86.1 cm³/mol. The molecule has 0 spiro atoms. The zero-order valence-corrected chi connectivity index (χ0v) is 13.9. The average molecular weight is 311 g/mol. The van der Waals surface area contributed by atoms with Crippen LogP contribution >= 0.6 is 0 Å². The number of ether oxygens (including phenoxy) is 1. The second-order valence-corrected chi connectivity index (χ2v) is 5.73. The highest BCUT2D eigenvalue weighted by Crippen LogP contribution is 2.38. The summed E-state index contributed by atoms with van der Waals surface area (Å²) in [5.41, 5.74) is 5.00. The van der Waals surface area contributed by atoms with Crippen LogP contribution in [0.5, 0.6) is 0 Å². The third kappa shape index (κ3) is 2.97. The number of rotatable bonds is 2. The molecule has 0 saturated carbocycles. The number of carboxylic acids is 1. The Hall–Kier alpha value is -2.62. The quantitative estimate of drug-likeness (QED) is 0.734. The van der Waals surface area contributed by atoms with Gasteiger partial charge in [0.1, 0.15) is 0 Å². The molecule has 0 bridgehead atoms. The summed E-state index contributed by atoms with van der Waals surface area (Å²) < 4.78 is 4.84. The molecule has 0 aliphatic heterocycles. The lowest BCUT2D eigenvalue weighted by atomic mass is 9.86. The van der Waals surface area contributed by atoms with Gasteiger partial charge in [0.05, 0.1) is 18.7 Å². The largest absolute Gasteiger partial charge is 0.545 e. The fraction of sp³-hybridized carbons (Fsp3) is 0.263. The van der Waals surface area contributed by atoms with E-state index in [2.05, 4.69) is 0 Å². The number of methoxy groups -OCH3 is 1. The lowest BCUT2D eigenvalue weighted by molar-refractivity contribution is -0.298. The van der Waals surface area contributed by atoms with E-state index in [4.69, 9.17) is 4.74 Å². The summed E-state index contributed by atoms with van der Waals surface area (Å²) in [4.78, 5) is 23.9. The third-order valence-corrected chi connectivity index (χ3v) is 3.95. The van der Waals surface area contributed by atoms with Crippen LogP contribution in [-0.2, 0) is 14.3 Å². The van der Waals surface area contributed by atoms with E-state index >= 15 is 0 Å². The van der Waals surface area contributed by atoms with Gasteiger partial charge < -0.3 is 14.6 Å². The molecule has 0 radical (unpaired) electrons. The molecule has 0 amide bonds. The molecule has 0 saturated heterocycles. The van der Waals surface area contributed by atoms with Crippen molar-refractivity contribution in [2.75, 3.05) is 7.11 Å².